The van der Waals surface area contributed by atoms with Gasteiger partial charge in [0.2, 0.25) is 0 Å². The molecule has 0 fully saturated rings. The molecule has 6 heteroatoms. The summed E-state index contributed by atoms with van der Waals surface area (Å²) in [5, 5.41) is 2.76. The summed E-state index contributed by atoms with van der Waals surface area (Å²) < 4.78 is 5.32. The Kier molecular flexibility index (Phi) is 6.27. The van der Waals surface area contributed by atoms with Gasteiger partial charge in [-0.25, -0.2) is 4.79 Å². The van der Waals surface area contributed by atoms with Crippen LogP contribution in [0.5, 0.6) is 0 Å². The van der Waals surface area contributed by atoms with E-state index in [1.54, 1.807) is 57.2 Å². The van der Waals surface area contributed by atoms with Gasteiger partial charge in [-0.2, -0.15) is 4.79 Å². The summed E-state index contributed by atoms with van der Waals surface area (Å²) in [6.07, 6.45) is 0. The number of rotatable bonds is 5. The highest BCUT2D eigenvalue weighted by molar-refractivity contribution is 6.36. The second-order valence-electron chi connectivity index (χ2n) is 7.17. The van der Waals surface area contributed by atoms with Crippen molar-refractivity contribution < 1.29 is 19.1 Å². The van der Waals surface area contributed by atoms with Gasteiger partial charge in [-0.3, -0.25) is 4.79 Å². The molecule has 0 saturated heterocycles. The van der Waals surface area contributed by atoms with E-state index in [4.69, 9.17) is 4.74 Å². The maximum atomic E-state index is 12.7. The van der Waals surface area contributed by atoms with E-state index >= 15 is 0 Å². The lowest BCUT2D eigenvalue weighted by Crippen LogP contribution is -2.40. The molecule has 140 valence electrons. The number of esters is 1. The van der Waals surface area contributed by atoms with Gasteiger partial charge in [0, 0.05) is 5.56 Å². The van der Waals surface area contributed by atoms with Crippen molar-refractivity contribution in [1.82, 2.24) is 5.32 Å². The molecule has 1 N–H and O–H groups in total. The number of ether oxygens (including phenoxy) is 1. The standard InChI is InChI=1S/C21H23N3O3/c1-14-10-12-16(13-11-14)19(25)23-17(15-8-6-5-7-9-15)18(24-22)20(26)27-21(2,3)4/h5-13,17H,1-4H3,(H,23,25). The molecule has 0 aliphatic rings. The Morgan fingerprint density at radius 2 is 1.63 bits per heavy atom. The Balaban J connectivity index is 2.36. The Labute approximate surface area is 158 Å². The highest BCUT2D eigenvalue weighted by atomic mass is 16.6. The van der Waals surface area contributed by atoms with E-state index in [9.17, 15) is 15.1 Å². The molecule has 0 saturated carbocycles. The molecule has 1 unspecified atom stereocenters. The highest BCUT2D eigenvalue weighted by Gasteiger charge is 2.37. The summed E-state index contributed by atoms with van der Waals surface area (Å²) in [6.45, 7) is 7.06. The average Bonchev–Trinajstić information content (AvgIpc) is 2.61. The first kappa shape index (κ1) is 20.1. The molecule has 0 aliphatic heterocycles. The fraction of sp³-hybridized carbons (Fsp3) is 0.286. The van der Waals surface area contributed by atoms with Gasteiger partial charge in [0.15, 0.2) is 6.04 Å². The number of nitrogens with one attached hydrogen (secondary N) is 1. The fourth-order valence-corrected chi connectivity index (χ4v) is 2.42. The van der Waals surface area contributed by atoms with Crippen molar-refractivity contribution in [3.8, 4) is 0 Å². The maximum Gasteiger partial charge on any atom is 0.420 e. The van der Waals surface area contributed by atoms with Crippen LogP contribution in [0.3, 0.4) is 0 Å². The van der Waals surface area contributed by atoms with Crippen LogP contribution < -0.4 is 5.32 Å². The predicted octanol–water partition coefficient (Wildman–Crippen LogP) is 3.48. The number of hydrogen-bond donors (Lipinski definition) is 1. The van der Waals surface area contributed by atoms with Gasteiger partial charge in [0.05, 0.1) is 0 Å². The van der Waals surface area contributed by atoms with Gasteiger partial charge >= 0.3 is 11.7 Å². The van der Waals surface area contributed by atoms with Crippen molar-refractivity contribution in [2.24, 2.45) is 0 Å². The number of benzene rings is 2. The third-order valence-corrected chi connectivity index (χ3v) is 3.71. The lowest BCUT2D eigenvalue weighted by molar-refractivity contribution is -0.151. The zero-order valence-corrected chi connectivity index (χ0v) is 15.9. The minimum Gasteiger partial charge on any atom is -0.451 e. The fourth-order valence-electron chi connectivity index (χ4n) is 2.42. The smallest absolute Gasteiger partial charge is 0.420 e. The monoisotopic (exact) mass is 365 g/mol. The second kappa shape index (κ2) is 8.43. The van der Waals surface area contributed by atoms with Crippen LogP contribution in [-0.2, 0) is 9.53 Å². The SMILES string of the molecule is Cc1ccc(C(=O)NC(C(=[N+]=[N-])C(=O)OC(C)(C)C)c2ccccc2)cc1. The van der Waals surface area contributed by atoms with Crippen LogP contribution in [0, 0.1) is 6.92 Å². The lowest BCUT2D eigenvalue weighted by Gasteiger charge is -2.20. The topological polar surface area (TPSA) is 91.8 Å². The van der Waals surface area contributed by atoms with E-state index in [0.717, 1.165) is 5.56 Å². The number of carbonyl (C=O) groups excluding carboxylic acids is 2. The van der Waals surface area contributed by atoms with Crippen molar-refractivity contribution in [1.29, 1.82) is 0 Å². The highest BCUT2D eigenvalue weighted by Crippen LogP contribution is 2.18. The van der Waals surface area contributed by atoms with Gasteiger partial charge in [-0.15, -0.1) is 0 Å². The Hall–Kier alpha value is -3.24. The molecule has 2 aromatic rings. The van der Waals surface area contributed by atoms with Gasteiger partial charge < -0.3 is 15.6 Å². The predicted molar refractivity (Wildman–Crippen MR) is 102 cm³/mol. The molecule has 0 bridgehead atoms. The van der Waals surface area contributed by atoms with Gasteiger partial charge in [0.25, 0.3) is 5.91 Å². The zero-order valence-electron chi connectivity index (χ0n) is 15.9. The van der Waals surface area contributed by atoms with E-state index in [2.05, 4.69) is 10.1 Å². The Bertz CT molecular complexity index is 862. The van der Waals surface area contributed by atoms with Crippen molar-refractivity contribution in [2.45, 2.75) is 39.3 Å². The number of hydrogen-bond acceptors (Lipinski definition) is 3. The Morgan fingerprint density at radius 1 is 1.04 bits per heavy atom. The minimum atomic E-state index is -0.958. The molecule has 27 heavy (non-hydrogen) atoms. The van der Waals surface area contributed by atoms with Crippen LogP contribution >= 0.6 is 0 Å². The first-order chi connectivity index (χ1) is 12.7. The van der Waals surface area contributed by atoms with E-state index in [0.29, 0.717) is 11.1 Å². The van der Waals surface area contributed by atoms with Crippen LogP contribution in [0.1, 0.15) is 48.3 Å². The van der Waals surface area contributed by atoms with Crippen LogP contribution in [0.15, 0.2) is 54.6 Å². The Morgan fingerprint density at radius 3 is 2.15 bits per heavy atom. The number of aryl methyl sites for hydroxylation is 1. The van der Waals surface area contributed by atoms with Crippen molar-refractivity contribution in [3.63, 3.8) is 0 Å². The minimum absolute atomic E-state index is 0.295. The maximum absolute atomic E-state index is 12.7. The van der Waals surface area contributed by atoms with Crippen LogP contribution in [0.2, 0.25) is 0 Å². The molecule has 1 atom stereocenters. The molecule has 0 radical (unpaired) electrons. The molecule has 0 spiro atoms. The molecular weight excluding hydrogens is 342 g/mol. The molecule has 0 aromatic heterocycles. The van der Waals surface area contributed by atoms with Gasteiger partial charge in [-0.1, -0.05) is 48.0 Å². The number of amides is 1. The largest absolute Gasteiger partial charge is 0.451 e. The summed E-state index contributed by atoms with van der Waals surface area (Å²) in [6, 6.07) is 14.9. The van der Waals surface area contributed by atoms with E-state index in [-0.39, 0.29) is 5.71 Å². The first-order valence-electron chi connectivity index (χ1n) is 8.59. The molecule has 2 aromatic carbocycles. The number of nitrogens with zero attached hydrogens (tertiary/aromatic N) is 2. The lowest BCUT2D eigenvalue weighted by atomic mass is 10.0. The molecule has 2 rings (SSSR count). The molecular formula is C21H23N3O3. The summed E-state index contributed by atoms with van der Waals surface area (Å²) in [7, 11) is 0. The first-order valence-corrected chi connectivity index (χ1v) is 8.59. The van der Waals surface area contributed by atoms with Gasteiger partial charge in [0.1, 0.15) is 5.60 Å². The van der Waals surface area contributed by atoms with E-state index < -0.39 is 23.5 Å². The van der Waals surface area contributed by atoms with Crippen LogP contribution in [-0.4, -0.2) is 28.0 Å². The number of carbonyl (C=O) groups is 2. The normalized spacial score (nSPS) is 11.9. The van der Waals surface area contributed by atoms with Crippen LogP contribution in [0.4, 0.5) is 0 Å². The van der Waals surface area contributed by atoms with Crippen molar-refractivity contribution in [3.05, 3.63) is 76.8 Å². The third kappa shape index (κ3) is 5.62. The van der Waals surface area contributed by atoms with E-state index in [1.807, 2.05) is 25.1 Å². The molecule has 1 amide bonds. The van der Waals surface area contributed by atoms with Crippen molar-refractivity contribution in [2.75, 3.05) is 0 Å². The quantitative estimate of drug-likeness (QED) is 0.380. The second-order valence-corrected chi connectivity index (χ2v) is 7.17. The van der Waals surface area contributed by atoms with Crippen LogP contribution in [0.25, 0.3) is 5.53 Å². The molecule has 0 heterocycles. The summed E-state index contributed by atoms with van der Waals surface area (Å²) in [5.74, 6) is -1.20. The molecule has 6 nitrogen and oxygen atoms in total. The van der Waals surface area contributed by atoms with E-state index in [1.165, 1.54) is 0 Å². The zero-order chi connectivity index (χ0) is 20.0. The molecule has 0 aliphatic carbocycles. The third-order valence-electron chi connectivity index (χ3n) is 3.71. The average molecular weight is 365 g/mol. The summed E-state index contributed by atoms with van der Waals surface area (Å²) in [4.78, 5) is 28.3. The summed E-state index contributed by atoms with van der Waals surface area (Å²) in [5.41, 5.74) is 10.5. The van der Waals surface area contributed by atoms with Gasteiger partial charge in [-0.05, 0) is 45.4 Å². The van der Waals surface area contributed by atoms with Crippen molar-refractivity contribution >= 4 is 17.6 Å². The summed E-state index contributed by atoms with van der Waals surface area (Å²) >= 11 is 0.